The number of pyridine rings is 2. The van der Waals surface area contributed by atoms with Crippen molar-refractivity contribution in [2.75, 3.05) is 0 Å². The molecule has 0 saturated carbocycles. The molecule has 278 valence electrons. The van der Waals surface area contributed by atoms with Gasteiger partial charge < -0.3 is 0 Å². The predicted octanol–water partition coefficient (Wildman–Crippen LogP) is 13.9. The van der Waals surface area contributed by atoms with Crippen molar-refractivity contribution in [3.05, 3.63) is 200 Å². The number of rotatable bonds is 5. The van der Waals surface area contributed by atoms with Crippen LogP contribution in [-0.4, -0.2) is 24.9 Å². The molecular formula is C55H33N5. The molecule has 0 aliphatic rings. The summed E-state index contributed by atoms with van der Waals surface area (Å²) in [6.07, 6.45) is 3.64. The number of aromatic nitrogens is 5. The molecule has 3 aromatic heterocycles. The van der Waals surface area contributed by atoms with E-state index in [1.807, 2.05) is 48.8 Å². The molecule has 12 rings (SSSR count). The zero-order valence-corrected chi connectivity index (χ0v) is 32.3. The van der Waals surface area contributed by atoms with Crippen LogP contribution in [0.1, 0.15) is 0 Å². The first-order chi connectivity index (χ1) is 29.7. The van der Waals surface area contributed by atoms with Crippen molar-refractivity contribution in [2.24, 2.45) is 0 Å². The maximum atomic E-state index is 5.34. The number of hydrogen-bond donors (Lipinski definition) is 0. The minimum Gasteiger partial charge on any atom is -0.255 e. The van der Waals surface area contributed by atoms with Crippen molar-refractivity contribution >= 4 is 64.9 Å². The first kappa shape index (κ1) is 33.9. The molecule has 0 fully saturated rings. The first-order valence-corrected chi connectivity index (χ1v) is 20.2. The Morgan fingerprint density at radius 1 is 0.250 bits per heavy atom. The lowest BCUT2D eigenvalue weighted by atomic mass is 9.88. The summed E-state index contributed by atoms with van der Waals surface area (Å²) in [4.78, 5) is 25.5. The van der Waals surface area contributed by atoms with Crippen molar-refractivity contribution in [1.29, 1.82) is 0 Å². The van der Waals surface area contributed by atoms with Crippen LogP contribution in [0.3, 0.4) is 0 Å². The lowest BCUT2D eigenvalue weighted by Crippen LogP contribution is -2.02. The minimum absolute atomic E-state index is 0.548. The van der Waals surface area contributed by atoms with Crippen LogP contribution in [0.15, 0.2) is 200 Å². The molecule has 0 N–H and O–H groups in total. The van der Waals surface area contributed by atoms with E-state index in [0.29, 0.717) is 17.5 Å². The molecule has 3 heterocycles. The molecule has 0 atom stereocenters. The van der Waals surface area contributed by atoms with Gasteiger partial charge in [0.1, 0.15) is 0 Å². The highest BCUT2D eigenvalue weighted by molar-refractivity contribution is 6.16. The number of para-hydroxylation sites is 2. The van der Waals surface area contributed by atoms with Crippen LogP contribution in [0.2, 0.25) is 0 Å². The Labute approximate surface area is 345 Å². The van der Waals surface area contributed by atoms with E-state index in [9.17, 15) is 0 Å². The van der Waals surface area contributed by atoms with Gasteiger partial charge in [-0.15, -0.1) is 0 Å². The highest BCUT2D eigenvalue weighted by Crippen LogP contribution is 2.42. The quantitative estimate of drug-likeness (QED) is 0.163. The Bertz CT molecular complexity index is 3440. The summed E-state index contributed by atoms with van der Waals surface area (Å²) < 4.78 is 0. The summed E-state index contributed by atoms with van der Waals surface area (Å²) in [6, 6.07) is 66.5. The van der Waals surface area contributed by atoms with Gasteiger partial charge in [0.15, 0.2) is 17.5 Å². The minimum atomic E-state index is 0.548. The summed E-state index contributed by atoms with van der Waals surface area (Å²) in [6.45, 7) is 0. The smallest absolute Gasteiger partial charge is 0.166 e. The van der Waals surface area contributed by atoms with Crippen molar-refractivity contribution in [2.45, 2.75) is 0 Å². The number of hydrogen-bond acceptors (Lipinski definition) is 5. The van der Waals surface area contributed by atoms with E-state index in [2.05, 4.69) is 152 Å². The van der Waals surface area contributed by atoms with E-state index in [1.165, 1.54) is 43.1 Å². The van der Waals surface area contributed by atoms with Crippen LogP contribution in [0.5, 0.6) is 0 Å². The third-order valence-corrected chi connectivity index (χ3v) is 11.7. The molecule has 12 aromatic rings. The average molecular weight is 764 g/mol. The van der Waals surface area contributed by atoms with Gasteiger partial charge in [0.2, 0.25) is 0 Å². The number of nitrogens with zero attached hydrogens (tertiary/aromatic N) is 5. The molecule has 5 nitrogen and oxygen atoms in total. The first-order valence-electron chi connectivity index (χ1n) is 20.2. The monoisotopic (exact) mass is 763 g/mol. The summed E-state index contributed by atoms with van der Waals surface area (Å²) in [5.74, 6) is 1.66. The lowest BCUT2D eigenvalue weighted by Gasteiger charge is -2.17. The van der Waals surface area contributed by atoms with E-state index in [-0.39, 0.29) is 0 Å². The van der Waals surface area contributed by atoms with Gasteiger partial charge in [-0.2, -0.15) is 0 Å². The maximum absolute atomic E-state index is 5.34. The van der Waals surface area contributed by atoms with Gasteiger partial charge in [-0.25, -0.2) is 15.0 Å². The second-order valence-corrected chi connectivity index (χ2v) is 15.2. The molecule has 0 amide bonds. The molecule has 0 spiro atoms. The molecular weight excluding hydrogens is 731 g/mol. The summed E-state index contributed by atoms with van der Waals surface area (Å²) >= 11 is 0. The lowest BCUT2D eigenvalue weighted by molar-refractivity contribution is 1.08. The Kier molecular flexibility index (Phi) is 7.78. The number of fused-ring (bicyclic) bond motifs is 8. The van der Waals surface area contributed by atoms with E-state index < -0.39 is 0 Å². The van der Waals surface area contributed by atoms with E-state index in [4.69, 9.17) is 24.9 Å². The second-order valence-electron chi connectivity index (χ2n) is 15.2. The molecule has 60 heavy (non-hydrogen) atoms. The van der Waals surface area contributed by atoms with Gasteiger partial charge in [-0.3, -0.25) is 9.97 Å². The molecule has 9 aromatic carbocycles. The second kappa shape index (κ2) is 13.8. The van der Waals surface area contributed by atoms with Crippen LogP contribution in [0.25, 0.3) is 121 Å². The molecule has 5 heteroatoms. The highest BCUT2D eigenvalue weighted by Gasteiger charge is 2.20. The van der Waals surface area contributed by atoms with Crippen molar-refractivity contribution in [1.82, 2.24) is 24.9 Å². The van der Waals surface area contributed by atoms with Crippen molar-refractivity contribution in [3.8, 4) is 56.4 Å². The van der Waals surface area contributed by atoms with Gasteiger partial charge in [-0.05, 0) is 120 Å². The topological polar surface area (TPSA) is 64.5 Å². The third kappa shape index (κ3) is 5.59. The Balaban J connectivity index is 1.19. The summed E-state index contributed by atoms with van der Waals surface area (Å²) in [5.41, 5.74) is 8.65. The zero-order chi connectivity index (χ0) is 39.6. The predicted molar refractivity (Wildman–Crippen MR) is 248 cm³/mol. The van der Waals surface area contributed by atoms with Gasteiger partial charge in [0.05, 0.1) is 11.0 Å². The van der Waals surface area contributed by atoms with Crippen molar-refractivity contribution < 1.29 is 0 Å². The maximum Gasteiger partial charge on any atom is 0.166 e. The average Bonchev–Trinajstić information content (AvgIpc) is 3.33. The molecule has 0 unspecified atom stereocenters. The van der Waals surface area contributed by atoms with Crippen LogP contribution in [-0.2, 0) is 0 Å². The molecule has 0 aliphatic heterocycles. The van der Waals surface area contributed by atoms with Gasteiger partial charge in [-0.1, -0.05) is 133 Å². The molecule has 0 aliphatic carbocycles. The Hall–Kier alpha value is -8.15. The fourth-order valence-corrected chi connectivity index (χ4v) is 8.97. The van der Waals surface area contributed by atoms with Crippen LogP contribution < -0.4 is 0 Å². The zero-order valence-electron chi connectivity index (χ0n) is 32.3. The molecule has 0 saturated heterocycles. The van der Waals surface area contributed by atoms with Gasteiger partial charge in [0.25, 0.3) is 0 Å². The van der Waals surface area contributed by atoms with Crippen LogP contribution >= 0.6 is 0 Å². The van der Waals surface area contributed by atoms with Gasteiger partial charge in [0, 0.05) is 39.9 Å². The fourth-order valence-electron chi connectivity index (χ4n) is 8.97. The molecule has 0 bridgehead atoms. The van der Waals surface area contributed by atoms with Crippen LogP contribution in [0.4, 0.5) is 0 Å². The van der Waals surface area contributed by atoms with Gasteiger partial charge >= 0.3 is 0 Å². The SMILES string of the molecule is c1cnc2c(-c3nc(-c4cc(-c5cc6ccccc6c6ccccc56)cc(-c5cc6ccccc6c6ccccc56)c4)nc(-c4cccc5cccnc45)n3)cccc2c1. The molecule has 0 radical (unpaired) electrons. The van der Waals surface area contributed by atoms with Crippen LogP contribution in [0, 0.1) is 0 Å². The fraction of sp³-hybridized carbons (Fsp3) is 0. The number of benzene rings is 9. The Morgan fingerprint density at radius 2 is 0.633 bits per heavy atom. The van der Waals surface area contributed by atoms with E-state index >= 15 is 0 Å². The standard InChI is InChI=1S/C55H33N5/c1-3-19-41-36(13-1)32-49(45-23-7-5-21-43(41)45)38-29-39(50-33-37-14-2-4-20-42(37)44-22-6-8-24-46(44)50)31-40(30-38)53-58-54(47-25-9-15-34-17-11-27-56-51(34)47)60-55(59-53)48-26-10-16-35-18-12-28-57-52(35)48/h1-33H. The highest BCUT2D eigenvalue weighted by atomic mass is 15.0. The third-order valence-electron chi connectivity index (χ3n) is 11.7. The summed E-state index contributed by atoms with van der Waals surface area (Å²) in [5, 5.41) is 11.7. The summed E-state index contributed by atoms with van der Waals surface area (Å²) in [7, 11) is 0. The van der Waals surface area contributed by atoms with E-state index in [1.54, 1.807) is 0 Å². The largest absolute Gasteiger partial charge is 0.255 e. The van der Waals surface area contributed by atoms with E-state index in [0.717, 1.165) is 60.8 Å². The Morgan fingerprint density at radius 3 is 1.13 bits per heavy atom. The normalized spacial score (nSPS) is 11.7. The van der Waals surface area contributed by atoms with Crippen molar-refractivity contribution in [3.63, 3.8) is 0 Å².